The molecule has 0 saturated carbocycles. The van der Waals surface area contributed by atoms with E-state index in [1.54, 1.807) is 0 Å². The van der Waals surface area contributed by atoms with E-state index in [2.05, 4.69) is 0 Å². The van der Waals surface area contributed by atoms with Crippen molar-refractivity contribution in [3.63, 3.8) is 0 Å². The molecule has 0 aliphatic heterocycles. The van der Waals surface area contributed by atoms with Crippen molar-refractivity contribution in [1.82, 2.24) is 4.90 Å². The van der Waals surface area contributed by atoms with Crippen LogP contribution >= 0.6 is 0 Å². The predicted octanol–water partition coefficient (Wildman–Crippen LogP) is 4.08. The Bertz CT molecular complexity index is 801. The number of carbonyl (C=O) groups excluding carboxylic acids is 2. The number of carbonyl (C=O) groups is 2. The average Bonchev–Trinajstić information content (AvgIpc) is 2.65. The lowest BCUT2D eigenvalue weighted by Crippen LogP contribution is -2.31. The van der Waals surface area contributed by atoms with Gasteiger partial charge in [-0.2, -0.15) is 13.2 Å². The van der Waals surface area contributed by atoms with Gasteiger partial charge in [0.2, 0.25) is 0 Å². The van der Waals surface area contributed by atoms with Crippen LogP contribution in [-0.2, 0) is 28.7 Å². The van der Waals surface area contributed by atoms with Crippen molar-refractivity contribution in [3.8, 4) is 0 Å². The summed E-state index contributed by atoms with van der Waals surface area (Å²) in [5, 5.41) is 0. The zero-order valence-corrected chi connectivity index (χ0v) is 15.0. The van der Waals surface area contributed by atoms with Gasteiger partial charge in [-0.3, -0.25) is 4.79 Å². The van der Waals surface area contributed by atoms with Crippen molar-refractivity contribution < 1.29 is 27.5 Å². The number of ether oxygens (including phenoxy) is 1. The van der Waals surface area contributed by atoms with Gasteiger partial charge in [-0.25, -0.2) is 4.79 Å². The Morgan fingerprint density at radius 1 is 1.00 bits per heavy atom. The summed E-state index contributed by atoms with van der Waals surface area (Å²) in [6.45, 7) is 1.71. The fraction of sp³-hybridized carbons (Fsp3) is 0.300. The molecule has 1 amide bonds. The number of esters is 1. The molecule has 0 spiro atoms. The molecule has 2 rings (SSSR count). The Morgan fingerprint density at radius 2 is 1.59 bits per heavy atom. The minimum absolute atomic E-state index is 0.305. The van der Waals surface area contributed by atoms with Crippen LogP contribution in [0.1, 0.15) is 34.0 Å². The normalized spacial score (nSPS) is 11.1. The zero-order chi connectivity index (χ0) is 20.0. The molecule has 27 heavy (non-hydrogen) atoms. The highest BCUT2D eigenvalue weighted by Gasteiger charge is 2.35. The molecule has 2 aromatic carbocycles. The van der Waals surface area contributed by atoms with Crippen LogP contribution in [0.3, 0.4) is 0 Å². The first-order valence-corrected chi connectivity index (χ1v) is 8.37. The fourth-order valence-electron chi connectivity index (χ4n) is 2.47. The molecular formula is C20H20F3NO3. The third-order valence-electron chi connectivity index (χ3n) is 4.06. The standard InChI is InChI=1S/C20H20F3NO3/c1-3-14-8-10-15(11-9-14)12-24(2)18(25)13-27-19(26)16-6-4-5-7-17(16)20(21,22)23/h4-11H,3,12-13H2,1-2H3. The van der Waals surface area contributed by atoms with Crippen LogP contribution < -0.4 is 0 Å². The molecule has 0 N–H and O–H groups in total. The van der Waals surface area contributed by atoms with Gasteiger partial charge >= 0.3 is 12.1 Å². The number of nitrogens with zero attached hydrogens (tertiary/aromatic N) is 1. The summed E-state index contributed by atoms with van der Waals surface area (Å²) in [5.74, 6) is -1.69. The lowest BCUT2D eigenvalue weighted by atomic mass is 10.1. The summed E-state index contributed by atoms with van der Waals surface area (Å²) in [7, 11) is 1.54. The number of rotatable bonds is 6. The van der Waals surface area contributed by atoms with E-state index in [-0.39, 0.29) is 0 Å². The van der Waals surface area contributed by atoms with Crippen LogP contribution in [0.25, 0.3) is 0 Å². The van der Waals surface area contributed by atoms with Gasteiger partial charge in [0.1, 0.15) is 0 Å². The molecule has 0 unspecified atom stereocenters. The summed E-state index contributed by atoms with van der Waals surface area (Å²) in [6.07, 6.45) is -3.77. The second kappa shape index (κ2) is 8.70. The predicted molar refractivity (Wildman–Crippen MR) is 94.0 cm³/mol. The summed E-state index contributed by atoms with van der Waals surface area (Å²) in [5.41, 5.74) is 0.365. The fourth-order valence-corrected chi connectivity index (χ4v) is 2.47. The summed E-state index contributed by atoms with van der Waals surface area (Å²) >= 11 is 0. The first kappa shape index (κ1) is 20.5. The van der Waals surface area contributed by atoms with Gasteiger partial charge in [0.15, 0.2) is 6.61 Å². The Labute approximate surface area is 155 Å². The molecule has 7 heteroatoms. The van der Waals surface area contributed by atoms with E-state index < -0.39 is 35.8 Å². The van der Waals surface area contributed by atoms with Crippen LogP contribution in [0.5, 0.6) is 0 Å². The van der Waals surface area contributed by atoms with Crippen molar-refractivity contribution in [1.29, 1.82) is 0 Å². The zero-order valence-electron chi connectivity index (χ0n) is 15.0. The molecule has 2 aromatic rings. The molecule has 0 aromatic heterocycles. The van der Waals surface area contributed by atoms with Gasteiger partial charge in [0.25, 0.3) is 5.91 Å². The molecule has 4 nitrogen and oxygen atoms in total. The maximum atomic E-state index is 12.9. The number of hydrogen-bond donors (Lipinski definition) is 0. The maximum absolute atomic E-state index is 12.9. The summed E-state index contributed by atoms with van der Waals surface area (Å²) in [4.78, 5) is 25.4. The van der Waals surface area contributed by atoms with Crippen LogP contribution in [0.4, 0.5) is 13.2 Å². The molecule has 0 radical (unpaired) electrons. The van der Waals surface area contributed by atoms with Crippen LogP contribution in [0.2, 0.25) is 0 Å². The molecule has 0 atom stereocenters. The summed E-state index contributed by atoms with van der Waals surface area (Å²) < 4.78 is 43.6. The topological polar surface area (TPSA) is 46.6 Å². The van der Waals surface area contributed by atoms with Crippen LogP contribution in [0, 0.1) is 0 Å². The quantitative estimate of drug-likeness (QED) is 0.711. The van der Waals surface area contributed by atoms with Gasteiger partial charge < -0.3 is 9.64 Å². The van der Waals surface area contributed by atoms with Crippen molar-refractivity contribution in [2.45, 2.75) is 26.1 Å². The SMILES string of the molecule is CCc1ccc(CN(C)C(=O)COC(=O)c2ccccc2C(F)(F)F)cc1. The second-order valence-electron chi connectivity index (χ2n) is 6.04. The number of benzene rings is 2. The molecule has 0 fully saturated rings. The van der Waals surface area contributed by atoms with E-state index in [1.807, 2.05) is 31.2 Å². The Balaban J connectivity index is 1.95. The van der Waals surface area contributed by atoms with Gasteiger partial charge in [-0.05, 0) is 29.7 Å². The average molecular weight is 379 g/mol. The molecule has 144 valence electrons. The lowest BCUT2D eigenvalue weighted by Gasteiger charge is -2.18. The van der Waals surface area contributed by atoms with Crippen LogP contribution in [0.15, 0.2) is 48.5 Å². The number of hydrogen-bond acceptors (Lipinski definition) is 3. The van der Waals surface area contributed by atoms with E-state index in [1.165, 1.54) is 29.6 Å². The number of alkyl halides is 3. The molecule has 0 aliphatic carbocycles. The maximum Gasteiger partial charge on any atom is 0.417 e. The smallest absolute Gasteiger partial charge is 0.417 e. The largest absolute Gasteiger partial charge is 0.452 e. The Morgan fingerprint density at radius 3 is 2.19 bits per heavy atom. The second-order valence-corrected chi connectivity index (χ2v) is 6.04. The van der Waals surface area contributed by atoms with E-state index in [0.29, 0.717) is 6.54 Å². The highest BCUT2D eigenvalue weighted by atomic mass is 19.4. The number of halogens is 3. The van der Waals surface area contributed by atoms with Crippen molar-refractivity contribution in [3.05, 3.63) is 70.8 Å². The molecular weight excluding hydrogens is 359 g/mol. The van der Waals surface area contributed by atoms with Gasteiger partial charge in [-0.1, -0.05) is 43.3 Å². The van der Waals surface area contributed by atoms with E-state index in [0.717, 1.165) is 24.1 Å². The minimum Gasteiger partial charge on any atom is -0.452 e. The highest BCUT2D eigenvalue weighted by Crippen LogP contribution is 2.32. The first-order chi connectivity index (χ1) is 12.7. The highest BCUT2D eigenvalue weighted by molar-refractivity contribution is 5.93. The molecule has 0 bridgehead atoms. The number of amides is 1. The Hall–Kier alpha value is -2.83. The van der Waals surface area contributed by atoms with E-state index >= 15 is 0 Å². The number of likely N-dealkylation sites (N-methyl/N-ethyl adjacent to an activating group) is 1. The monoisotopic (exact) mass is 379 g/mol. The first-order valence-electron chi connectivity index (χ1n) is 8.37. The Kier molecular flexibility index (Phi) is 6.60. The van der Waals surface area contributed by atoms with Crippen molar-refractivity contribution >= 4 is 11.9 Å². The van der Waals surface area contributed by atoms with Gasteiger partial charge in [0.05, 0.1) is 11.1 Å². The number of aryl methyl sites for hydroxylation is 1. The third kappa shape index (κ3) is 5.57. The van der Waals surface area contributed by atoms with Crippen molar-refractivity contribution in [2.75, 3.05) is 13.7 Å². The minimum atomic E-state index is -4.68. The van der Waals surface area contributed by atoms with E-state index in [9.17, 15) is 22.8 Å². The third-order valence-corrected chi connectivity index (χ3v) is 4.06. The van der Waals surface area contributed by atoms with Crippen molar-refractivity contribution in [2.24, 2.45) is 0 Å². The summed E-state index contributed by atoms with van der Waals surface area (Å²) in [6, 6.07) is 12.0. The molecule has 0 aliphatic rings. The van der Waals surface area contributed by atoms with E-state index in [4.69, 9.17) is 4.74 Å². The molecule has 0 saturated heterocycles. The van der Waals surface area contributed by atoms with Gasteiger partial charge in [-0.15, -0.1) is 0 Å². The lowest BCUT2D eigenvalue weighted by molar-refractivity contribution is -0.138. The van der Waals surface area contributed by atoms with Crippen LogP contribution in [-0.4, -0.2) is 30.4 Å². The molecule has 0 heterocycles. The van der Waals surface area contributed by atoms with Gasteiger partial charge in [0, 0.05) is 13.6 Å².